The van der Waals surface area contributed by atoms with Crippen LogP contribution in [0.3, 0.4) is 0 Å². The van der Waals surface area contributed by atoms with Gasteiger partial charge in [-0.25, -0.2) is 4.79 Å². The van der Waals surface area contributed by atoms with Gasteiger partial charge in [0.2, 0.25) is 0 Å². The monoisotopic (exact) mass is 233 g/mol. The molecule has 1 amide bonds. The quantitative estimate of drug-likeness (QED) is 0.500. The van der Waals surface area contributed by atoms with E-state index in [1.165, 1.54) is 19.3 Å². The summed E-state index contributed by atoms with van der Waals surface area (Å²) in [5.41, 5.74) is 0. The predicted octanol–water partition coefficient (Wildman–Crippen LogP) is 3.02. The van der Waals surface area contributed by atoms with Gasteiger partial charge in [-0.2, -0.15) is 0 Å². The lowest BCUT2D eigenvalue weighted by atomic mass is 10.1. The van der Waals surface area contributed by atoms with Crippen LogP contribution in [0.5, 0.6) is 0 Å². The van der Waals surface area contributed by atoms with E-state index < -0.39 is 0 Å². The Morgan fingerprint density at radius 3 is 2.93 bits per heavy atom. The van der Waals surface area contributed by atoms with Crippen LogP contribution in [0, 0.1) is 0 Å². The number of hydrogen-bond donors (Lipinski definition) is 0. The lowest BCUT2D eigenvalue weighted by Crippen LogP contribution is -2.34. The molecule has 0 N–H and O–H groups in total. The van der Waals surface area contributed by atoms with Gasteiger partial charge in [-0.15, -0.1) is 11.6 Å². The smallest absolute Gasteiger partial charge is 0.410 e. The molecule has 0 aromatic carbocycles. The lowest BCUT2D eigenvalue weighted by Gasteiger charge is -2.20. The summed E-state index contributed by atoms with van der Waals surface area (Å²) in [5, 5.41) is 0. The van der Waals surface area contributed by atoms with Gasteiger partial charge in [0.05, 0.1) is 6.04 Å². The van der Waals surface area contributed by atoms with Crippen LogP contribution in [-0.2, 0) is 4.74 Å². The van der Waals surface area contributed by atoms with Gasteiger partial charge < -0.3 is 9.64 Å². The molecule has 1 heterocycles. The Hall–Kier alpha value is -0.440. The average Bonchev–Trinajstić information content (AvgIpc) is 2.58. The first-order chi connectivity index (χ1) is 7.29. The van der Waals surface area contributed by atoms with Gasteiger partial charge in [-0.05, 0) is 12.8 Å². The zero-order valence-corrected chi connectivity index (χ0v) is 10.1. The number of cyclic esters (lactones) is 1. The lowest BCUT2D eigenvalue weighted by molar-refractivity contribution is 0.157. The number of halogens is 1. The highest BCUT2D eigenvalue weighted by Crippen LogP contribution is 2.18. The van der Waals surface area contributed by atoms with Crippen LogP contribution in [0.25, 0.3) is 0 Å². The van der Waals surface area contributed by atoms with Crippen molar-refractivity contribution in [1.29, 1.82) is 0 Å². The van der Waals surface area contributed by atoms with Crippen LogP contribution < -0.4 is 0 Å². The van der Waals surface area contributed by atoms with E-state index >= 15 is 0 Å². The number of alkyl halides is 1. The van der Waals surface area contributed by atoms with E-state index in [0.29, 0.717) is 12.5 Å². The van der Waals surface area contributed by atoms with Crippen LogP contribution >= 0.6 is 11.6 Å². The molecular formula is C11H20ClNO2. The van der Waals surface area contributed by atoms with E-state index in [2.05, 4.69) is 6.92 Å². The summed E-state index contributed by atoms with van der Waals surface area (Å²) in [6.07, 6.45) is 5.36. The van der Waals surface area contributed by atoms with E-state index in [1.807, 2.05) is 4.90 Å². The van der Waals surface area contributed by atoms with Gasteiger partial charge in [0.15, 0.2) is 0 Å². The first kappa shape index (κ1) is 12.6. The van der Waals surface area contributed by atoms with Gasteiger partial charge in [-0.1, -0.05) is 26.2 Å². The topological polar surface area (TPSA) is 29.5 Å². The van der Waals surface area contributed by atoms with Crippen LogP contribution in [0.2, 0.25) is 0 Å². The largest absolute Gasteiger partial charge is 0.447 e. The van der Waals surface area contributed by atoms with Crippen molar-refractivity contribution in [3.05, 3.63) is 0 Å². The Balaban J connectivity index is 2.31. The van der Waals surface area contributed by atoms with E-state index in [0.717, 1.165) is 19.4 Å². The summed E-state index contributed by atoms with van der Waals surface area (Å²) in [5.74, 6) is 0.603. The standard InChI is InChI=1S/C11H20ClNO2/c1-2-3-4-6-10-9-15-11(14)13(10)8-5-7-12/h10H,2-9H2,1H3/t10-/m1/s1. The summed E-state index contributed by atoms with van der Waals surface area (Å²) in [6, 6.07) is 0.285. The van der Waals surface area contributed by atoms with Gasteiger partial charge in [-0.3, -0.25) is 0 Å². The minimum atomic E-state index is -0.165. The van der Waals surface area contributed by atoms with Crippen molar-refractivity contribution in [2.24, 2.45) is 0 Å². The average molecular weight is 234 g/mol. The zero-order chi connectivity index (χ0) is 11.1. The number of carbonyl (C=O) groups is 1. The third kappa shape index (κ3) is 3.90. The summed E-state index contributed by atoms with van der Waals surface area (Å²) in [7, 11) is 0. The molecule has 1 saturated heterocycles. The number of carbonyl (C=O) groups excluding carboxylic acids is 1. The van der Waals surface area contributed by atoms with E-state index in [1.54, 1.807) is 0 Å². The number of ether oxygens (including phenoxy) is 1. The van der Waals surface area contributed by atoms with Gasteiger partial charge in [0.1, 0.15) is 6.61 Å². The maximum Gasteiger partial charge on any atom is 0.410 e. The number of rotatable bonds is 7. The van der Waals surface area contributed by atoms with Crippen molar-refractivity contribution in [1.82, 2.24) is 4.90 Å². The number of nitrogens with zero attached hydrogens (tertiary/aromatic N) is 1. The molecule has 4 heteroatoms. The normalized spacial score (nSPS) is 20.8. The van der Waals surface area contributed by atoms with Crippen LogP contribution in [0.4, 0.5) is 4.79 Å². The molecule has 1 fully saturated rings. The molecule has 1 aliphatic heterocycles. The summed E-state index contributed by atoms with van der Waals surface area (Å²) < 4.78 is 5.05. The number of unbranched alkanes of at least 4 members (excludes halogenated alkanes) is 2. The summed E-state index contributed by atoms with van der Waals surface area (Å²) >= 11 is 5.62. The first-order valence-corrected chi connectivity index (χ1v) is 6.32. The third-order valence-electron chi connectivity index (χ3n) is 2.75. The van der Waals surface area contributed by atoms with Crippen molar-refractivity contribution in [3.8, 4) is 0 Å². The molecule has 0 radical (unpaired) electrons. The van der Waals surface area contributed by atoms with Gasteiger partial charge >= 0.3 is 6.09 Å². The van der Waals surface area contributed by atoms with Crippen LogP contribution in [0.1, 0.15) is 39.0 Å². The fourth-order valence-corrected chi connectivity index (χ4v) is 1.98. The Morgan fingerprint density at radius 1 is 1.47 bits per heavy atom. The Bertz CT molecular complexity index is 199. The molecule has 3 nitrogen and oxygen atoms in total. The molecule has 0 aromatic heterocycles. The first-order valence-electron chi connectivity index (χ1n) is 5.79. The van der Waals surface area contributed by atoms with Gasteiger partial charge in [0.25, 0.3) is 0 Å². The fourth-order valence-electron chi connectivity index (χ4n) is 1.86. The minimum Gasteiger partial charge on any atom is -0.447 e. The number of amides is 1. The van der Waals surface area contributed by atoms with E-state index in [9.17, 15) is 4.79 Å². The second-order valence-corrected chi connectivity index (χ2v) is 4.34. The van der Waals surface area contributed by atoms with E-state index in [4.69, 9.17) is 16.3 Å². The van der Waals surface area contributed by atoms with Crippen molar-refractivity contribution < 1.29 is 9.53 Å². The molecule has 1 aliphatic rings. The van der Waals surface area contributed by atoms with Crippen LogP contribution in [0.15, 0.2) is 0 Å². The minimum absolute atomic E-state index is 0.165. The summed E-state index contributed by atoms with van der Waals surface area (Å²) in [4.78, 5) is 13.2. The fraction of sp³-hybridized carbons (Fsp3) is 0.909. The second-order valence-electron chi connectivity index (χ2n) is 3.96. The maximum absolute atomic E-state index is 11.4. The summed E-state index contributed by atoms with van der Waals surface area (Å²) in [6.45, 7) is 3.48. The molecule has 0 unspecified atom stereocenters. The zero-order valence-electron chi connectivity index (χ0n) is 9.38. The molecule has 0 bridgehead atoms. The van der Waals surface area contributed by atoms with Crippen LogP contribution in [-0.4, -0.2) is 36.1 Å². The van der Waals surface area contributed by atoms with Gasteiger partial charge in [0, 0.05) is 12.4 Å². The Kier molecular flexibility index (Phi) is 5.84. The highest BCUT2D eigenvalue weighted by atomic mass is 35.5. The molecule has 0 saturated carbocycles. The molecule has 0 aliphatic carbocycles. The molecule has 0 spiro atoms. The predicted molar refractivity (Wildman–Crippen MR) is 61.3 cm³/mol. The highest BCUT2D eigenvalue weighted by Gasteiger charge is 2.31. The SMILES string of the molecule is CCCCC[C@@H]1COC(=O)N1CCCCl. The number of hydrogen-bond acceptors (Lipinski definition) is 2. The molecular weight excluding hydrogens is 214 g/mol. The van der Waals surface area contributed by atoms with Crippen molar-refractivity contribution >= 4 is 17.7 Å². The second kappa shape index (κ2) is 6.94. The van der Waals surface area contributed by atoms with Crippen molar-refractivity contribution in [3.63, 3.8) is 0 Å². The Morgan fingerprint density at radius 2 is 2.27 bits per heavy atom. The molecule has 1 rings (SSSR count). The maximum atomic E-state index is 11.4. The molecule has 1 atom stereocenters. The highest BCUT2D eigenvalue weighted by molar-refractivity contribution is 6.17. The molecule has 88 valence electrons. The Labute approximate surface area is 96.7 Å². The molecule has 0 aromatic rings. The van der Waals surface area contributed by atoms with E-state index in [-0.39, 0.29) is 12.1 Å². The molecule has 15 heavy (non-hydrogen) atoms. The third-order valence-corrected chi connectivity index (χ3v) is 3.02. The van der Waals surface area contributed by atoms with Crippen molar-refractivity contribution in [2.45, 2.75) is 45.1 Å². The van der Waals surface area contributed by atoms with Crippen molar-refractivity contribution in [2.75, 3.05) is 19.0 Å².